The Kier molecular flexibility index (Phi) is 6.09. The monoisotopic (exact) mass is 421 g/mol. The summed E-state index contributed by atoms with van der Waals surface area (Å²) < 4.78 is 13.8. The number of amides is 2. The van der Waals surface area contributed by atoms with Crippen LogP contribution in [-0.2, 0) is 9.59 Å². The van der Waals surface area contributed by atoms with Gasteiger partial charge in [-0.3, -0.25) is 14.5 Å². The molecule has 2 aromatic carbocycles. The molecular weight excluding hydrogens is 401 g/mol. The van der Waals surface area contributed by atoms with Crippen LogP contribution in [0.2, 0.25) is 0 Å². The lowest BCUT2D eigenvalue weighted by atomic mass is 10.1. The zero-order valence-electron chi connectivity index (χ0n) is 16.1. The molecule has 5 nitrogen and oxygen atoms in total. The normalized spacial score (nSPS) is 19.8. The molecule has 1 aliphatic heterocycles. The fourth-order valence-corrected chi connectivity index (χ4v) is 4.39. The zero-order chi connectivity index (χ0) is 20.9. The van der Waals surface area contributed by atoms with Crippen LogP contribution in [0.15, 0.2) is 83.5 Å². The minimum atomic E-state index is -0.629. The third kappa shape index (κ3) is 4.52. The molecule has 2 aromatic rings. The number of amidine groups is 1. The maximum atomic E-state index is 13.8. The highest BCUT2D eigenvalue weighted by Crippen LogP contribution is 2.35. The van der Waals surface area contributed by atoms with Gasteiger partial charge in [0.1, 0.15) is 11.1 Å². The van der Waals surface area contributed by atoms with Gasteiger partial charge in [-0.05, 0) is 43.2 Å². The van der Waals surface area contributed by atoms with Gasteiger partial charge < -0.3 is 5.32 Å². The van der Waals surface area contributed by atoms with Crippen molar-refractivity contribution in [3.8, 4) is 0 Å². The topological polar surface area (TPSA) is 61.8 Å². The molecule has 1 atom stereocenters. The first-order valence-corrected chi connectivity index (χ1v) is 10.5. The Bertz CT molecular complexity index is 1050. The van der Waals surface area contributed by atoms with Crippen LogP contribution < -0.4 is 10.2 Å². The van der Waals surface area contributed by atoms with E-state index in [1.54, 1.807) is 17.0 Å². The van der Waals surface area contributed by atoms with E-state index < -0.39 is 17.0 Å². The number of hydrogen-bond donors (Lipinski definition) is 1. The fourth-order valence-electron chi connectivity index (χ4n) is 3.23. The van der Waals surface area contributed by atoms with Gasteiger partial charge in [0.25, 0.3) is 0 Å². The summed E-state index contributed by atoms with van der Waals surface area (Å²) in [6.07, 6.45) is 7.59. The lowest BCUT2D eigenvalue weighted by Gasteiger charge is -2.17. The van der Waals surface area contributed by atoms with Crippen molar-refractivity contribution >= 4 is 40.1 Å². The van der Waals surface area contributed by atoms with Crippen LogP contribution in [-0.4, -0.2) is 22.2 Å². The Labute approximate surface area is 178 Å². The number of halogens is 1. The molecule has 2 aliphatic rings. The lowest BCUT2D eigenvalue weighted by molar-refractivity contribution is -0.121. The molecule has 2 amide bonds. The molecule has 0 aromatic heterocycles. The van der Waals surface area contributed by atoms with Crippen LogP contribution in [0.3, 0.4) is 0 Å². The second-order valence-electron chi connectivity index (χ2n) is 6.87. The molecule has 0 unspecified atom stereocenters. The van der Waals surface area contributed by atoms with E-state index in [4.69, 9.17) is 4.99 Å². The molecule has 0 radical (unpaired) electrons. The minimum absolute atomic E-state index is 0.0703. The summed E-state index contributed by atoms with van der Waals surface area (Å²) >= 11 is 1.27. The first kappa shape index (κ1) is 20.1. The standard InChI is InChI=1S/C23H20FN3O2S/c24-18-13-7-8-14-19(18)26-21(28)15-20-22(29)27(17-11-5-2-6-12-17)23(30-20)25-16-9-3-1-4-10-16/h1-3,5-9,11-14,20H,4,10,15H2,(H,26,28)/t20-/m1/s1. The Morgan fingerprint density at radius 2 is 1.93 bits per heavy atom. The number of nitrogens with zero attached hydrogens (tertiary/aromatic N) is 2. The Morgan fingerprint density at radius 1 is 1.17 bits per heavy atom. The van der Waals surface area contributed by atoms with Crippen molar-refractivity contribution in [3.05, 3.63) is 84.3 Å². The van der Waals surface area contributed by atoms with E-state index in [2.05, 4.69) is 11.4 Å². The molecule has 1 saturated heterocycles. The van der Waals surface area contributed by atoms with E-state index in [0.717, 1.165) is 18.5 Å². The zero-order valence-corrected chi connectivity index (χ0v) is 16.9. The number of carbonyl (C=O) groups is 2. The first-order valence-electron chi connectivity index (χ1n) is 9.66. The predicted octanol–water partition coefficient (Wildman–Crippen LogP) is 4.89. The second kappa shape index (κ2) is 9.09. The van der Waals surface area contributed by atoms with Crippen molar-refractivity contribution in [2.45, 2.75) is 24.5 Å². The van der Waals surface area contributed by atoms with Crippen LogP contribution in [0.4, 0.5) is 15.8 Å². The molecule has 152 valence electrons. The van der Waals surface area contributed by atoms with E-state index in [0.29, 0.717) is 10.9 Å². The Hall–Kier alpha value is -3.19. The summed E-state index contributed by atoms with van der Waals surface area (Å²) in [5, 5.41) is 2.47. The number of para-hydroxylation sites is 2. The van der Waals surface area contributed by atoms with Crippen molar-refractivity contribution in [2.24, 2.45) is 4.99 Å². The molecule has 1 aliphatic carbocycles. The number of carbonyl (C=O) groups excluding carboxylic acids is 2. The Balaban J connectivity index is 1.56. The minimum Gasteiger partial charge on any atom is -0.324 e. The summed E-state index contributed by atoms with van der Waals surface area (Å²) in [6, 6.07) is 15.2. The SMILES string of the molecule is O=C(C[C@H]1SC(=NC2=CC=CCC2)N(c2ccccc2)C1=O)Nc1ccccc1F. The number of benzene rings is 2. The maximum absolute atomic E-state index is 13.8. The molecule has 4 rings (SSSR count). The lowest BCUT2D eigenvalue weighted by Crippen LogP contribution is -2.33. The highest BCUT2D eigenvalue weighted by atomic mass is 32.2. The van der Waals surface area contributed by atoms with E-state index in [-0.39, 0.29) is 18.0 Å². The smallest absolute Gasteiger partial charge is 0.247 e. The van der Waals surface area contributed by atoms with Crippen LogP contribution >= 0.6 is 11.8 Å². The molecule has 0 bridgehead atoms. The molecule has 1 heterocycles. The molecular formula is C23H20FN3O2S. The van der Waals surface area contributed by atoms with Gasteiger partial charge in [-0.15, -0.1) is 0 Å². The number of rotatable bonds is 5. The summed E-state index contributed by atoms with van der Waals surface area (Å²) in [5.74, 6) is -1.14. The van der Waals surface area contributed by atoms with Crippen LogP contribution in [0.1, 0.15) is 19.3 Å². The number of allylic oxidation sites excluding steroid dienone is 4. The highest BCUT2D eigenvalue weighted by molar-refractivity contribution is 8.16. The number of hydrogen-bond acceptors (Lipinski definition) is 4. The van der Waals surface area contributed by atoms with Gasteiger partial charge in [-0.1, -0.05) is 54.2 Å². The van der Waals surface area contributed by atoms with Gasteiger partial charge in [0.2, 0.25) is 11.8 Å². The van der Waals surface area contributed by atoms with E-state index in [1.165, 1.54) is 23.9 Å². The number of nitrogens with one attached hydrogen (secondary N) is 1. The van der Waals surface area contributed by atoms with Gasteiger partial charge in [0.15, 0.2) is 5.17 Å². The highest BCUT2D eigenvalue weighted by Gasteiger charge is 2.40. The van der Waals surface area contributed by atoms with Crippen molar-refractivity contribution in [3.63, 3.8) is 0 Å². The number of anilines is 2. The van der Waals surface area contributed by atoms with Gasteiger partial charge in [-0.25, -0.2) is 9.38 Å². The van der Waals surface area contributed by atoms with Crippen molar-refractivity contribution in [1.29, 1.82) is 0 Å². The van der Waals surface area contributed by atoms with E-state index in [1.807, 2.05) is 42.5 Å². The van der Waals surface area contributed by atoms with Crippen molar-refractivity contribution in [1.82, 2.24) is 0 Å². The van der Waals surface area contributed by atoms with Crippen molar-refractivity contribution in [2.75, 3.05) is 10.2 Å². The van der Waals surface area contributed by atoms with Gasteiger partial charge in [0, 0.05) is 12.1 Å². The van der Waals surface area contributed by atoms with Crippen molar-refractivity contribution < 1.29 is 14.0 Å². The fraction of sp³-hybridized carbons (Fsp3) is 0.174. The average molecular weight is 421 g/mol. The summed E-state index contributed by atoms with van der Waals surface area (Å²) in [5.41, 5.74) is 1.70. The third-order valence-corrected chi connectivity index (χ3v) is 5.84. The Morgan fingerprint density at radius 3 is 2.67 bits per heavy atom. The largest absolute Gasteiger partial charge is 0.324 e. The summed E-state index contributed by atoms with van der Waals surface area (Å²) in [7, 11) is 0. The quantitative estimate of drug-likeness (QED) is 0.748. The van der Waals surface area contributed by atoms with Gasteiger partial charge >= 0.3 is 0 Å². The molecule has 30 heavy (non-hydrogen) atoms. The molecule has 0 spiro atoms. The van der Waals surface area contributed by atoms with E-state index in [9.17, 15) is 14.0 Å². The average Bonchev–Trinajstić information content (AvgIpc) is 3.05. The third-order valence-electron chi connectivity index (χ3n) is 4.70. The van der Waals surface area contributed by atoms with Crippen LogP contribution in [0, 0.1) is 5.82 Å². The van der Waals surface area contributed by atoms with Gasteiger partial charge in [0.05, 0.1) is 11.4 Å². The summed E-state index contributed by atoms with van der Waals surface area (Å²) in [6.45, 7) is 0. The van der Waals surface area contributed by atoms with Crippen LogP contribution in [0.25, 0.3) is 0 Å². The number of aliphatic imine (C=N–C) groups is 1. The van der Waals surface area contributed by atoms with Crippen LogP contribution in [0.5, 0.6) is 0 Å². The number of thioether (sulfide) groups is 1. The molecule has 0 saturated carbocycles. The second-order valence-corrected chi connectivity index (χ2v) is 8.04. The maximum Gasteiger partial charge on any atom is 0.247 e. The molecule has 7 heteroatoms. The molecule has 1 N–H and O–H groups in total. The predicted molar refractivity (Wildman–Crippen MR) is 119 cm³/mol. The molecule has 1 fully saturated rings. The van der Waals surface area contributed by atoms with Gasteiger partial charge in [-0.2, -0.15) is 0 Å². The summed E-state index contributed by atoms with van der Waals surface area (Å²) in [4.78, 5) is 31.9. The first-order chi connectivity index (χ1) is 14.6. The van der Waals surface area contributed by atoms with E-state index >= 15 is 0 Å².